The van der Waals surface area contributed by atoms with Crippen LogP contribution in [0.2, 0.25) is 0 Å². The summed E-state index contributed by atoms with van der Waals surface area (Å²) in [4.78, 5) is 2.58. The molecule has 1 aliphatic rings. The van der Waals surface area contributed by atoms with E-state index in [4.69, 9.17) is 6.42 Å². The fourth-order valence-corrected chi connectivity index (χ4v) is 2.39. The van der Waals surface area contributed by atoms with Gasteiger partial charge in [-0.3, -0.25) is 0 Å². The average Bonchev–Trinajstić information content (AvgIpc) is 2.24. The van der Waals surface area contributed by atoms with E-state index >= 15 is 0 Å². The Hall–Kier alpha value is -0.520. The van der Waals surface area contributed by atoms with Gasteiger partial charge in [-0.2, -0.15) is 0 Å². The number of nitrogens with one attached hydrogen (secondary N) is 1. The molecular weight excluding hydrogens is 196 g/mol. The maximum Gasteiger partial charge on any atom is 0.0197 e. The lowest BCUT2D eigenvalue weighted by Gasteiger charge is -2.34. The summed E-state index contributed by atoms with van der Waals surface area (Å²) in [6.45, 7) is 9.38. The van der Waals surface area contributed by atoms with Gasteiger partial charge in [-0.15, -0.1) is 12.3 Å². The lowest BCUT2D eigenvalue weighted by molar-refractivity contribution is 0.184. The summed E-state index contributed by atoms with van der Waals surface area (Å²) in [7, 11) is 0. The molecule has 0 aliphatic carbocycles. The lowest BCUT2D eigenvalue weighted by atomic mass is 10.0. The normalized spacial score (nSPS) is 22.2. The molecule has 1 aliphatic heterocycles. The van der Waals surface area contributed by atoms with E-state index in [0.29, 0.717) is 6.04 Å². The van der Waals surface area contributed by atoms with E-state index in [1.165, 1.54) is 38.9 Å². The predicted octanol–water partition coefficient (Wildman–Crippen LogP) is 2.11. The second-order valence-electron chi connectivity index (χ2n) is 5.24. The standard InChI is InChI=1S/C14H26N2/c1-4-5-6-7-9-16-10-8-15-14(12-16)11-13(2)3/h1,13-15H,5-12H2,2-3H3. The van der Waals surface area contributed by atoms with Crippen molar-refractivity contribution in [2.75, 3.05) is 26.2 Å². The molecule has 0 aromatic carbocycles. The zero-order valence-corrected chi connectivity index (χ0v) is 10.8. The van der Waals surface area contributed by atoms with E-state index in [2.05, 4.69) is 30.0 Å². The number of rotatable bonds is 6. The first-order valence-electron chi connectivity index (χ1n) is 6.61. The van der Waals surface area contributed by atoms with Crippen LogP contribution >= 0.6 is 0 Å². The Morgan fingerprint density at radius 3 is 2.94 bits per heavy atom. The van der Waals surface area contributed by atoms with Gasteiger partial charge < -0.3 is 10.2 Å². The zero-order valence-electron chi connectivity index (χ0n) is 10.8. The van der Waals surface area contributed by atoms with E-state index in [1.54, 1.807) is 0 Å². The smallest absolute Gasteiger partial charge is 0.0197 e. The third-order valence-corrected chi connectivity index (χ3v) is 3.14. The summed E-state index contributed by atoms with van der Waals surface area (Å²) < 4.78 is 0. The minimum atomic E-state index is 0.696. The second-order valence-corrected chi connectivity index (χ2v) is 5.24. The number of hydrogen-bond acceptors (Lipinski definition) is 2. The first-order chi connectivity index (χ1) is 7.72. The van der Waals surface area contributed by atoms with Crippen molar-refractivity contribution in [3.8, 4) is 12.3 Å². The average molecular weight is 222 g/mol. The SMILES string of the molecule is C#CCCCCN1CCNC(CC(C)C)C1. The van der Waals surface area contributed by atoms with E-state index in [0.717, 1.165) is 18.9 Å². The molecule has 1 heterocycles. The molecule has 2 nitrogen and oxygen atoms in total. The van der Waals surface area contributed by atoms with Gasteiger partial charge in [0.1, 0.15) is 0 Å². The van der Waals surface area contributed by atoms with Crippen molar-refractivity contribution in [3.05, 3.63) is 0 Å². The van der Waals surface area contributed by atoms with Crippen LogP contribution in [0.25, 0.3) is 0 Å². The van der Waals surface area contributed by atoms with Crippen molar-refractivity contribution in [1.29, 1.82) is 0 Å². The van der Waals surface area contributed by atoms with Gasteiger partial charge in [-0.1, -0.05) is 13.8 Å². The van der Waals surface area contributed by atoms with Gasteiger partial charge >= 0.3 is 0 Å². The molecule has 0 aromatic heterocycles. The van der Waals surface area contributed by atoms with Crippen LogP contribution in [0.3, 0.4) is 0 Å². The molecule has 16 heavy (non-hydrogen) atoms. The number of hydrogen-bond donors (Lipinski definition) is 1. The van der Waals surface area contributed by atoms with Crippen LogP contribution in [-0.4, -0.2) is 37.1 Å². The molecule has 92 valence electrons. The highest BCUT2D eigenvalue weighted by Gasteiger charge is 2.19. The highest BCUT2D eigenvalue weighted by atomic mass is 15.2. The van der Waals surface area contributed by atoms with Crippen molar-refractivity contribution < 1.29 is 0 Å². The van der Waals surface area contributed by atoms with Crippen LogP contribution in [0.4, 0.5) is 0 Å². The Morgan fingerprint density at radius 2 is 2.25 bits per heavy atom. The van der Waals surface area contributed by atoms with Crippen molar-refractivity contribution in [3.63, 3.8) is 0 Å². The van der Waals surface area contributed by atoms with Crippen molar-refractivity contribution in [2.45, 2.75) is 45.6 Å². The fraction of sp³-hybridized carbons (Fsp3) is 0.857. The first kappa shape index (κ1) is 13.5. The lowest BCUT2D eigenvalue weighted by Crippen LogP contribution is -2.51. The molecule has 1 atom stereocenters. The Morgan fingerprint density at radius 1 is 1.44 bits per heavy atom. The number of piperazine rings is 1. The molecule has 1 rings (SSSR count). The minimum absolute atomic E-state index is 0.696. The van der Waals surface area contributed by atoms with Gasteiger partial charge in [0.15, 0.2) is 0 Å². The second kappa shape index (κ2) is 7.70. The molecule has 1 fully saturated rings. The first-order valence-corrected chi connectivity index (χ1v) is 6.61. The summed E-state index contributed by atoms with van der Waals surface area (Å²) in [6, 6.07) is 0.696. The van der Waals surface area contributed by atoms with Crippen molar-refractivity contribution in [2.24, 2.45) is 5.92 Å². The van der Waals surface area contributed by atoms with Gasteiger partial charge in [-0.25, -0.2) is 0 Å². The quantitative estimate of drug-likeness (QED) is 0.547. The summed E-state index contributed by atoms with van der Waals surface area (Å²) in [5, 5.41) is 3.61. The maximum atomic E-state index is 5.25. The maximum absolute atomic E-state index is 5.25. The minimum Gasteiger partial charge on any atom is -0.311 e. The third kappa shape index (κ3) is 5.53. The molecule has 0 spiro atoms. The highest BCUT2D eigenvalue weighted by molar-refractivity contribution is 4.83. The molecule has 2 heteroatoms. The largest absolute Gasteiger partial charge is 0.311 e. The molecule has 1 N–H and O–H groups in total. The van der Waals surface area contributed by atoms with Crippen LogP contribution in [0.5, 0.6) is 0 Å². The summed E-state index contributed by atoms with van der Waals surface area (Å²) >= 11 is 0. The Balaban J connectivity index is 2.15. The van der Waals surface area contributed by atoms with E-state index in [-0.39, 0.29) is 0 Å². The van der Waals surface area contributed by atoms with Crippen LogP contribution in [0.15, 0.2) is 0 Å². The molecule has 0 saturated carbocycles. The van der Waals surface area contributed by atoms with Gasteiger partial charge in [0.05, 0.1) is 0 Å². The molecule has 1 unspecified atom stereocenters. The van der Waals surface area contributed by atoms with E-state index in [9.17, 15) is 0 Å². The van der Waals surface area contributed by atoms with Gasteiger partial charge in [0.2, 0.25) is 0 Å². The topological polar surface area (TPSA) is 15.3 Å². The van der Waals surface area contributed by atoms with Crippen molar-refractivity contribution >= 4 is 0 Å². The summed E-state index contributed by atoms with van der Waals surface area (Å²) in [6.07, 6.45) is 9.90. The van der Waals surface area contributed by atoms with Gasteiger partial charge in [0.25, 0.3) is 0 Å². The monoisotopic (exact) mass is 222 g/mol. The predicted molar refractivity (Wildman–Crippen MR) is 70.4 cm³/mol. The van der Waals surface area contributed by atoms with E-state index in [1.807, 2.05) is 0 Å². The number of nitrogens with zero attached hydrogens (tertiary/aromatic N) is 1. The van der Waals surface area contributed by atoms with Gasteiger partial charge in [0, 0.05) is 32.1 Å². The van der Waals surface area contributed by atoms with E-state index < -0.39 is 0 Å². The Bertz CT molecular complexity index is 217. The fourth-order valence-electron chi connectivity index (χ4n) is 2.39. The molecule has 1 saturated heterocycles. The Labute approximate surface area is 101 Å². The molecular formula is C14H26N2. The number of unbranched alkanes of at least 4 members (excludes halogenated alkanes) is 2. The Kier molecular flexibility index (Phi) is 6.52. The third-order valence-electron chi connectivity index (χ3n) is 3.14. The molecule has 0 radical (unpaired) electrons. The molecule has 0 aromatic rings. The molecule has 0 bridgehead atoms. The summed E-state index contributed by atoms with van der Waals surface area (Å²) in [5.41, 5.74) is 0. The van der Waals surface area contributed by atoms with Crippen LogP contribution in [0, 0.1) is 18.3 Å². The van der Waals surface area contributed by atoms with Crippen LogP contribution in [-0.2, 0) is 0 Å². The highest BCUT2D eigenvalue weighted by Crippen LogP contribution is 2.10. The van der Waals surface area contributed by atoms with Crippen LogP contribution in [0.1, 0.15) is 39.5 Å². The number of terminal acetylenes is 1. The summed E-state index contributed by atoms with van der Waals surface area (Å²) in [5.74, 6) is 3.50. The van der Waals surface area contributed by atoms with Crippen molar-refractivity contribution in [1.82, 2.24) is 10.2 Å². The molecule has 0 amide bonds. The van der Waals surface area contributed by atoms with Gasteiger partial charge in [-0.05, 0) is 31.7 Å². The van der Waals surface area contributed by atoms with Crippen LogP contribution < -0.4 is 5.32 Å². The zero-order chi connectivity index (χ0) is 11.8.